The van der Waals surface area contributed by atoms with E-state index in [0.717, 1.165) is 16.7 Å². The summed E-state index contributed by atoms with van der Waals surface area (Å²) in [5.41, 5.74) is 9.82. The van der Waals surface area contributed by atoms with Crippen LogP contribution in [0.4, 0.5) is 0 Å². The van der Waals surface area contributed by atoms with E-state index in [2.05, 4.69) is 140 Å². The average molecular weight is 700 g/mol. The summed E-state index contributed by atoms with van der Waals surface area (Å²) >= 11 is 0. The lowest BCUT2D eigenvalue weighted by Crippen LogP contribution is -2.28. The Morgan fingerprint density at radius 2 is 0.673 bits per heavy atom. The van der Waals surface area contributed by atoms with Crippen LogP contribution in [0.15, 0.2) is 200 Å². The van der Waals surface area contributed by atoms with E-state index in [9.17, 15) is 0 Å². The lowest BCUT2D eigenvalue weighted by Gasteiger charge is -2.34. The third-order valence-electron chi connectivity index (χ3n) is 11.4. The standard InChI is InChI=1S/C52H33N3/c1-4-16-34(17-5-1)49-53-50(35-18-6-2-7-19-35)55-51(54-49)36-28-30-38(31-29-36)52(37-20-8-3-9-21-37)47-27-15-14-26-43(47)46-32-44-41-24-12-10-22-39(41)40-23-11-13-25-42(40)45(44)33-48(46)52/h1-33H. The Hall–Kier alpha value is -7.23. The SMILES string of the molecule is c1ccc(-c2nc(-c3ccccc3)nc(-c3ccc(C4(c5ccccc5)c5ccccc5-c5cc6c7ccccc7c7ccccc7c6cc54)cc3)n2)cc1. The van der Waals surface area contributed by atoms with E-state index in [-0.39, 0.29) is 0 Å². The lowest BCUT2D eigenvalue weighted by molar-refractivity contribution is 0.769. The number of aromatic nitrogens is 3. The zero-order valence-electron chi connectivity index (χ0n) is 29.9. The monoisotopic (exact) mass is 699 g/mol. The number of hydrogen-bond acceptors (Lipinski definition) is 3. The molecule has 0 bridgehead atoms. The van der Waals surface area contributed by atoms with E-state index in [0.29, 0.717) is 17.5 Å². The van der Waals surface area contributed by atoms with Gasteiger partial charge in [0, 0.05) is 16.7 Å². The summed E-state index contributed by atoms with van der Waals surface area (Å²) in [5, 5.41) is 7.65. The van der Waals surface area contributed by atoms with Crippen molar-refractivity contribution in [3.8, 4) is 45.3 Å². The second kappa shape index (κ2) is 12.4. The second-order valence-electron chi connectivity index (χ2n) is 14.3. The summed E-state index contributed by atoms with van der Waals surface area (Å²) < 4.78 is 0. The van der Waals surface area contributed by atoms with Crippen LogP contribution in [0, 0.1) is 0 Å². The molecule has 0 radical (unpaired) electrons. The first-order valence-corrected chi connectivity index (χ1v) is 18.8. The van der Waals surface area contributed by atoms with Gasteiger partial charge in [0.25, 0.3) is 0 Å². The highest BCUT2D eigenvalue weighted by molar-refractivity contribution is 6.26. The number of benzene rings is 9. The van der Waals surface area contributed by atoms with E-state index in [1.807, 2.05) is 60.7 Å². The van der Waals surface area contributed by atoms with Crippen LogP contribution in [0.25, 0.3) is 77.6 Å². The molecule has 10 aromatic rings. The van der Waals surface area contributed by atoms with Gasteiger partial charge in [-0.2, -0.15) is 0 Å². The van der Waals surface area contributed by atoms with Gasteiger partial charge in [0.15, 0.2) is 17.5 Å². The Kier molecular flexibility index (Phi) is 7.08. The Morgan fingerprint density at radius 1 is 0.273 bits per heavy atom. The Morgan fingerprint density at radius 3 is 1.22 bits per heavy atom. The highest BCUT2D eigenvalue weighted by atomic mass is 15.0. The second-order valence-corrected chi connectivity index (χ2v) is 14.3. The first-order valence-electron chi connectivity index (χ1n) is 18.8. The van der Waals surface area contributed by atoms with Crippen molar-refractivity contribution in [2.45, 2.75) is 5.41 Å². The van der Waals surface area contributed by atoms with Gasteiger partial charge in [0.1, 0.15) is 0 Å². The van der Waals surface area contributed by atoms with Crippen molar-refractivity contribution in [1.29, 1.82) is 0 Å². The van der Waals surface area contributed by atoms with Crippen LogP contribution in [0.1, 0.15) is 22.3 Å². The Labute approximate surface area is 319 Å². The van der Waals surface area contributed by atoms with Crippen LogP contribution < -0.4 is 0 Å². The third-order valence-corrected chi connectivity index (χ3v) is 11.4. The van der Waals surface area contributed by atoms with Gasteiger partial charge in [-0.3, -0.25) is 0 Å². The molecule has 0 fully saturated rings. The maximum Gasteiger partial charge on any atom is 0.164 e. The van der Waals surface area contributed by atoms with Crippen LogP contribution in [-0.4, -0.2) is 15.0 Å². The smallest absolute Gasteiger partial charge is 0.164 e. The number of fused-ring (bicyclic) bond motifs is 9. The molecule has 11 rings (SSSR count). The molecule has 3 nitrogen and oxygen atoms in total. The van der Waals surface area contributed by atoms with Gasteiger partial charge in [-0.1, -0.05) is 188 Å². The summed E-state index contributed by atoms with van der Waals surface area (Å²) in [4.78, 5) is 15.0. The van der Waals surface area contributed by atoms with Gasteiger partial charge in [-0.25, -0.2) is 15.0 Å². The van der Waals surface area contributed by atoms with Crippen molar-refractivity contribution in [3.05, 3.63) is 222 Å². The normalized spacial score (nSPS) is 14.6. The van der Waals surface area contributed by atoms with Crippen LogP contribution in [0.5, 0.6) is 0 Å². The minimum Gasteiger partial charge on any atom is -0.208 e. The third kappa shape index (κ3) is 4.80. The molecule has 1 unspecified atom stereocenters. The first kappa shape index (κ1) is 31.3. The highest BCUT2D eigenvalue weighted by Gasteiger charge is 2.46. The van der Waals surface area contributed by atoms with E-state index >= 15 is 0 Å². The van der Waals surface area contributed by atoms with Gasteiger partial charge < -0.3 is 0 Å². The molecular weight excluding hydrogens is 667 g/mol. The van der Waals surface area contributed by atoms with Gasteiger partial charge in [0.2, 0.25) is 0 Å². The van der Waals surface area contributed by atoms with Crippen LogP contribution in [0.3, 0.4) is 0 Å². The summed E-state index contributed by atoms with van der Waals surface area (Å²) in [6.07, 6.45) is 0. The van der Waals surface area contributed by atoms with Crippen molar-refractivity contribution in [2.75, 3.05) is 0 Å². The first-order chi connectivity index (χ1) is 27.3. The molecule has 0 saturated heterocycles. The zero-order chi connectivity index (χ0) is 36.3. The summed E-state index contributed by atoms with van der Waals surface area (Å²) in [5.74, 6) is 1.95. The van der Waals surface area contributed by atoms with Crippen LogP contribution in [-0.2, 0) is 5.41 Å². The Bertz CT molecular complexity index is 3010. The largest absolute Gasteiger partial charge is 0.208 e. The molecule has 0 saturated carbocycles. The number of rotatable bonds is 5. The molecule has 256 valence electrons. The predicted octanol–water partition coefficient (Wildman–Crippen LogP) is 12.7. The molecule has 3 heteroatoms. The summed E-state index contributed by atoms with van der Waals surface area (Å²) in [7, 11) is 0. The maximum absolute atomic E-state index is 5.04. The maximum atomic E-state index is 5.04. The number of nitrogens with zero attached hydrogens (tertiary/aromatic N) is 3. The number of hydrogen-bond donors (Lipinski definition) is 0. The minimum atomic E-state index is -0.559. The van der Waals surface area contributed by atoms with Gasteiger partial charge in [0.05, 0.1) is 5.41 Å². The lowest BCUT2D eigenvalue weighted by atomic mass is 9.67. The molecule has 1 aliphatic carbocycles. The Balaban J connectivity index is 1.16. The van der Waals surface area contributed by atoms with Gasteiger partial charge >= 0.3 is 0 Å². The molecule has 0 spiro atoms. The van der Waals surface area contributed by atoms with E-state index < -0.39 is 5.41 Å². The van der Waals surface area contributed by atoms with Crippen molar-refractivity contribution in [1.82, 2.24) is 15.0 Å². The predicted molar refractivity (Wildman–Crippen MR) is 226 cm³/mol. The van der Waals surface area contributed by atoms with Crippen molar-refractivity contribution in [2.24, 2.45) is 0 Å². The fourth-order valence-corrected chi connectivity index (χ4v) is 8.96. The van der Waals surface area contributed by atoms with Crippen molar-refractivity contribution >= 4 is 32.3 Å². The molecule has 55 heavy (non-hydrogen) atoms. The van der Waals surface area contributed by atoms with E-state index in [1.54, 1.807) is 0 Å². The molecule has 1 atom stereocenters. The molecule has 0 N–H and O–H groups in total. The van der Waals surface area contributed by atoms with Gasteiger partial charge in [-0.05, 0) is 77.8 Å². The van der Waals surface area contributed by atoms with Crippen molar-refractivity contribution < 1.29 is 0 Å². The fraction of sp³-hybridized carbons (Fsp3) is 0.0192. The average Bonchev–Trinajstić information content (AvgIpc) is 3.57. The fourth-order valence-electron chi connectivity index (χ4n) is 8.96. The quantitative estimate of drug-likeness (QED) is 0.168. The molecule has 1 aromatic heterocycles. The minimum absolute atomic E-state index is 0.559. The molecular formula is C52H33N3. The van der Waals surface area contributed by atoms with E-state index in [4.69, 9.17) is 15.0 Å². The molecule has 1 aliphatic rings. The molecule has 0 aliphatic heterocycles. The topological polar surface area (TPSA) is 38.7 Å². The van der Waals surface area contributed by atoms with E-state index in [1.165, 1.54) is 65.7 Å². The molecule has 0 amide bonds. The summed E-state index contributed by atoms with van der Waals surface area (Å²) in [6, 6.07) is 71.8. The zero-order valence-corrected chi connectivity index (χ0v) is 29.9. The van der Waals surface area contributed by atoms with Gasteiger partial charge in [-0.15, -0.1) is 0 Å². The highest BCUT2D eigenvalue weighted by Crippen LogP contribution is 2.57. The van der Waals surface area contributed by atoms with Crippen LogP contribution >= 0.6 is 0 Å². The van der Waals surface area contributed by atoms with Crippen molar-refractivity contribution in [3.63, 3.8) is 0 Å². The molecule has 1 heterocycles. The molecule has 9 aromatic carbocycles. The summed E-state index contributed by atoms with van der Waals surface area (Å²) in [6.45, 7) is 0. The van der Waals surface area contributed by atoms with Crippen LogP contribution in [0.2, 0.25) is 0 Å².